The lowest BCUT2D eigenvalue weighted by Gasteiger charge is -2.28. The highest BCUT2D eigenvalue weighted by Crippen LogP contribution is 2.44. The van der Waals surface area contributed by atoms with Gasteiger partial charge in [-0.25, -0.2) is 0 Å². The predicted molar refractivity (Wildman–Crippen MR) is 94.1 cm³/mol. The molecule has 1 amide bonds. The molecular formula is C17H14ClF2NO5S. The van der Waals surface area contributed by atoms with E-state index in [1.165, 1.54) is 22.4 Å². The molecule has 144 valence electrons. The molecule has 1 aromatic rings. The number of fused-ring (bicyclic) bond motifs is 1. The van der Waals surface area contributed by atoms with Gasteiger partial charge >= 0.3 is 12.6 Å². The Balaban J connectivity index is 2.00. The second-order valence-electron chi connectivity index (χ2n) is 5.91. The number of aliphatic hydroxyl groups excluding tert-OH is 1. The van der Waals surface area contributed by atoms with Gasteiger partial charge in [0.05, 0.1) is 23.1 Å². The number of allylic oxidation sites excluding steroid dienone is 2. The van der Waals surface area contributed by atoms with Gasteiger partial charge in [0.1, 0.15) is 5.76 Å². The molecule has 1 aliphatic heterocycles. The van der Waals surface area contributed by atoms with E-state index in [2.05, 4.69) is 4.74 Å². The minimum Gasteiger partial charge on any atom is -0.507 e. The van der Waals surface area contributed by atoms with Crippen LogP contribution in [-0.2, 0) is 4.79 Å². The predicted octanol–water partition coefficient (Wildman–Crippen LogP) is 4.26. The van der Waals surface area contributed by atoms with Crippen molar-refractivity contribution >= 4 is 34.8 Å². The Morgan fingerprint density at radius 3 is 2.81 bits per heavy atom. The quantitative estimate of drug-likeness (QED) is 0.747. The molecule has 0 saturated carbocycles. The molecule has 3 rings (SSSR count). The summed E-state index contributed by atoms with van der Waals surface area (Å²) in [5.41, 5.74) is 1.28. The van der Waals surface area contributed by atoms with Crippen molar-refractivity contribution in [3.63, 3.8) is 0 Å². The highest BCUT2D eigenvalue weighted by molar-refractivity contribution is 7.12. The molecule has 0 spiro atoms. The lowest BCUT2D eigenvalue weighted by atomic mass is 9.92. The molecule has 0 radical (unpaired) electrons. The van der Waals surface area contributed by atoms with Crippen LogP contribution in [0.15, 0.2) is 45.2 Å². The van der Waals surface area contributed by atoms with E-state index in [1.807, 2.05) is 0 Å². The lowest BCUT2D eigenvalue weighted by molar-refractivity contribution is -0.136. The first-order valence-electron chi connectivity index (χ1n) is 7.78. The fourth-order valence-electron chi connectivity index (χ4n) is 3.24. The molecular weight excluding hydrogens is 404 g/mol. The number of halogens is 3. The summed E-state index contributed by atoms with van der Waals surface area (Å²) < 4.78 is 29.0. The average molecular weight is 418 g/mol. The normalized spacial score (nSPS) is 19.5. The molecule has 1 unspecified atom stereocenters. The first kappa shape index (κ1) is 19.4. The molecule has 1 aromatic heterocycles. The van der Waals surface area contributed by atoms with E-state index in [0.29, 0.717) is 16.8 Å². The second kappa shape index (κ2) is 7.32. The van der Waals surface area contributed by atoms with Gasteiger partial charge in [-0.3, -0.25) is 9.59 Å². The number of thiophene rings is 1. The summed E-state index contributed by atoms with van der Waals surface area (Å²) in [5.74, 6) is -1.77. The summed E-state index contributed by atoms with van der Waals surface area (Å²) >= 11 is 7.04. The number of carboxylic acid groups (broad SMARTS) is 1. The number of carbonyl (C=O) groups excluding carboxylic acids is 1. The summed E-state index contributed by atoms with van der Waals surface area (Å²) in [7, 11) is 0. The van der Waals surface area contributed by atoms with Crippen molar-refractivity contribution in [2.45, 2.75) is 32.4 Å². The summed E-state index contributed by atoms with van der Waals surface area (Å²) in [6.45, 7) is -1.41. The lowest BCUT2D eigenvalue weighted by Crippen LogP contribution is -2.36. The van der Waals surface area contributed by atoms with Gasteiger partial charge in [0.25, 0.3) is 5.91 Å². The standard InChI is InChI=1S/C17H14ClF2NO5S/c1-7-9(5-12(23)24)14-10(2-3-11(22)15(14)18)21(7)16(25)8-4-13(27-6-8)26-17(19)20/h3-4,6,10,17,22H,2,5H2,1H3,(H,23,24). The minimum atomic E-state index is -3.00. The highest BCUT2D eigenvalue weighted by Gasteiger charge is 2.42. The van der Waals surface area contributed by atoms with Crippen LogP contribution in [0.1, 0.15) is 30.1 Å². The van der Waals surface area contributed by atoms with E-state index in [1.54, 1.807) is 6.92 Å². The Morgan fingerprint density at radius 2 is 2.19 bits per heavy atom. The zero-order valence-corrected chi connectivity index (χ0v) is 15.5. The number of ether oxygens (including phenoxy) is 1. The molecule has 2 aliphatic rings. The molecule has 10 heteroatoms. The van der Waals surface area contributed by atoms with Crippen molar-refractivity contribution in [1.82, 2.24) is 4.90 Å². The van der Waals surface area contributed by atoms with Crippen LogP contribution in [0, 0.1) is 0 Å². The van der Waals surface area contributed by atoms with Crippen molar-refractivity contribution in [3.05, 3.63) is 50.7 Å². The Kier molecular flexibility index (Phi) is 5.25. The number of aliphatic carboxylic acids is 1. The van der Waals surface area contributed by atoms with E-state index in [4.69, 9.17) is 11.6 Å². The maximum Gasteiger partial charge on any atom is 0.388 e. The van der Waals surface area contributed by atoms with Crippen LogP contribution in [0.5, 0.6) is 5.06 Å². The molecule has 1 aliphatic carbocycles. The fourth-order valence-corrected chi connectivity index (χ4v) is 4.30. The van der Waals surface area contributed by atoms with Gasteiger partial charge in [0.15, 0.2) is 5.06 Å². The number of hydrogen-bond donors (Lipinski definition) is 2. The summed E-state index contributed by atoms with van der Waals surface area (Å²) in [6.07, 6.45) is 1.33. The summed E-state index contributed by atoms with van der Waals surface area (Å²) in [5, 5.41) is 20.4. The first-order valence-corrected chi connectivity index (χ1v) is 9.04. The molecule has 0 fully saturated rings. The van der Waals surface area contributed by atoms with Gasteiger partial charge < -0.3 is 19.8 Å². The van der Waals surface area contributed by atoms with E-state index in [-0.39, 0.29) is 34.3 Å². The Hall–Kier alpha value is -2.39. The van der Waals surface area contributed by atoms with Gasteiger partial charge in [-0.15, -0.1) is 11.3 Å². The number of carbonyl (C=O) groups is 2. The third-order valence-electron chi connectivity index (χ3n) is 4.34. The zero-order chi connectivity index (χ0) is 19.9. The Morgan fingerprint density at radius 1 is 1.48 bits per heavy atom. The summed E-state index contributed by atoms with van der Waals surface area (Å²) in [4.78, 5) is 25.6. The number of alkyl halides is 2. The Bertz CT molecular complexity index is 905. The van der Waals surface area contributed by atoms with Crippen LogP contribution in [0.25, 0.3) is 0 Å². The van der Waals surface area contributed by atoms with Crippen LogP contribution in [0.3, 0.4) is 0 Å². The molecule has 0 bridgehead atoms. The van der Waals surface area contributed by atoms with Crippen LogP contribution >= 0.6 is 22.9 Å². The maximum atomic E-state index is 13.0. The van der Waals surface area contributed by atoms with Crippen LogP contribution < -0.4 is 4.74 Å². The van der Waals surface area contributed by atoms with Crippen molar-refractivity contribution in [2.75, 3.05) is 0 Å². The minimum absolute atomic E-state index is 0.00388. The molecule has 6 nitrogen and oxygen atoms in total. The van der Waals surface area contributed by atoms with Gasteiger partial charge in [0.2, 0.25) is 0 Å². The molecule has 1 atom stereocenters. The van der Waals surface area contributed by atoms with E-state index in [9.17, 15) is 28.6 Å². The smallest absolute Gasteiger partial charge is 0.388 e. The Labute approximate surface area is 161 Å². The molecule has 2 heterocycles. The number of hydrogen-bond acceptors (Lipinski definition) is 5. The molecule has 27 heavy (non-hydrogen) atoms. The van der Waals surface area contributed by atoms with Crippen LogP contribution in [0.4, 0.5) is 8.78 Å². The van der Waals surface area contributed by atoms with Crippen LogP contribution in [-0.4, -0.2) is 39.6 Å². The van der Waals surface area contributed by atoms with Gasteiger partial charge in [-0.1, -0.05) is 11.6 Å². The van der Waals surface area contributed by atoms with Gasteiger partial charge in [-0.05, 0) is 25.0 Å². The molecule has 0 aromatic carbocycles. The largest absolute Gasteiger partial charge is 0.507 e. The van der Waals surface area contributed by atoms with E-state index in [0.717, 1.165) is 11.3 Å². The monoisotopic (exact) mass is 417 g/mol. The number of amides is 1. The van der Waals surface area contributed by atoms with Crippen LogP contribution in [0.2, 0.25) is 0 Å². The highest BCUT2D eigenvalue weighted by atomic mass is 35.5. The SMILES string of the molecule is CC1=C(CC(=O)O)C2=C(Cl)C(O)=CCC2N1C(=O)c1csc(OC(F)F)c1. The summed E-state index contributed by atoms with van der Waals surface area (Å²) in [6, 6.07) is 0.637. The topological polar surface area (TPSA) is 87.1 Å². The third-order valence-corrected chi connectivity index (χ3v) is 5.55. The van der Waals surface area contributed by atoms with Gasteiger partial charge in [0, 0.05) is 22.7 Å². The first-order chi connectivity index (χ1) is 12.7. The number of carboxylic acids is 1. The number of nitrogens with zero attached hydrogens (tertiary/aromatic N) is 1. The third kappa shape index (κ3) is 3.57. The molecule has 2 N–H and O–H groups in total. The van der Waals surface area contributed by atoms with Crippen molar-refractivity contribution in [1.29, 1.82) is 0 Å². The zero-order valence-electron chi connectivity index (χ0n) is 13.9. The second-order valence-corrected chi connectivity index (χ2v) is 7.16. The molecule has 0 saturated heterocycles. The van der Waals surface area contributed by atoms with Crippen molar-refractivity contribution in [2.24, 2.45) is 0 Å². The van der Waals surface area contributed by atoms with Crippen molar-refractivity contribution in [3.8, 4) is 5.06 Å². The maximum absolute atomic E-state index is 13.0. The van der Waals surface area contributed by atoms with E-state index < -0.39 is 24.5 Å². The van der Waals surface area contributed by atoms with E-state index >= 15 is 0 Å². The fraction of sp³-hybridized carbons (Fsp3) is 0.294. The number of aliphatic hydroxyl groups is 1. The number of rotatable bonds is 5. The van der Waals surface area contributed by atoms with Crippen molar-refractivity contribution < 1.29 is 33.3 Å². The average Bonchev–Trinajstić information content (AvgIpc) is 3.13. The van der Waals surface area contributed by atoms with Gasteiger partial charge in [-0.2, -0.15) is 8.78 Å².